The highest BCUT2D eigenvalue weighted by Crippen LogP contribution is 2.24. The van der Waals surface area contributed by atoms with E-state index in [9.17, 15) is 19.2 Å². The van der Waals surface area contributed by atoms with Crippen molar-refractivity contribution in [2.24, 2.45) is 5.92 Å². The van der Waals surface area contributed by atoms with Gasteiger partial charge < -0.3 is 25.2 Å². The van der Waals surface area contributed by atoms with Crippen molar-refractivity contribution in [2.75, 3.05) is 20.1 Å². The minimum atomic E-state index is -0.770. The van der Waals surface area contributed by atoms with Crippen LogP contribution in [0.3, 0.4) is 0 Å². The van der Waals surface area contributed by atoms with E-state index in [1.165, 1.54) is 11.3 Å². The first-order valence-electron chi connectivity index (χ1n) is 18.8. The number of carbonyl (C=O) groups excluding carboxylic acids is 4. The topological polar surface area (TPSA) is 134 Å². The first-order valence-corrected chi connectivity index (χ1v) is 20.5. The average Bonchev–Trinajstić information content (AvgIpc) is 3.95. The number of rotatable bonds is 20. The molecule has 54 heavy (non-hydrogen) atoms. The number of nitrogens with one attached hydrogen (secondary N) is 2. The summed E-state index contributed by atoms with van der Waals surface area (Å²) in [6.07, 6.45) is 5.60. The molecule has 1 aliphatic rings. The number of nitrogens with zero attached hydrogens (tertiary/aromatic N) is 4. The largest absolute Gasteiger partial charge is 0.444 e. The van der Waals surface area contributed by atoms with Gasteiger partial charge in [-0.2, -0.15) is 0 Å². The van der Waals surface area contributed by atoms with E-state index in [1.54, 1.807) is 39.9 Å². The van der Waals surface area contributed by atoms with Gasteiger partial charge in [-0.15, -0.1) is 22.7 Å². The van der Waals surface area contributed by atoms with Crippen LogP contribution in [0.2, 0.25) is 0 Å². The number of carbonyl (C=O) groups is 4. The van der Waals surface area contributed by atoms with Crippen LogP contribution >= 0.6 is 22.7 Å². The van der Waals surface area contributed by atoms with Crippen molar-refractivity contribution >= 4 is 46.5 Å². The second-order valence-electron chi connectivity index (χ2n) is 14.3. The van der Waals surface area contributed by atoms with Crippen molar-refractivity contribution in [2.45, 2.75) is 96.4 Å². The Morgan fingerprint density at radius 1 is 0.944 bits per heavy atom. The van der Waals surface area contributed by atoms with Crippen molar-refractivity contribution in [3.8, 4) is 0 Å². The zero-order valence-electron chi connectivity index (χ0n) is 31.4. The number of amides is 4. The van der Waals surface area contributed by atoms with Gasteiger partial charge in [-0.05, 0) is 55.6 Å². The number of likely N-dealkylation sites (tertiary alicyclic amines) is 1. The van der Waals surface area contributed by atoms with E-state index in [0.29, 0.717) is 64.1 Å². The number of aromatic nitrogens is 2. The van der Waals surface area contributed by atoms with E-state index in [0.717, 1.165) is 33.1 Å². The molecule has 0 radical (unpaired) electrons. The third-order valence-corrected chi connectivity index (χ3v) is 11.6. The molecule has 1 saturated heterocycles. The first-order chi connectivity index (χ1) is 26.1. The number of alkyl carbamates (subject to hydrolysis) is 1. The van der Waals surface area contributed by atoms with E-state index in [1.807, 2.05) is 53.9 Å². The minimum absolute atomic E-state index is 0.0665. The molecular weight excluding hydrogens is 721 g/mol. The molecule has 3 atom stereocenters. The van der Waals surface area contributed by atoms with Crippen LogP contribution < -0.4 is 10.6 Å². The van der Waals surface area contributed by atoms with Gasteiger partial charge in [0.05, 0.1) is 33.7 Å². The lowest BCUT2D eigenvalue weighted by Gasteiger charge is -2.27. The van der Waals surface area contributed by atoms with Crippen LogP contribution in [0, 0.1) is 5.92 Å². The van der Waals surface area contributed by atoms with Gasteiger partial charge in [0.15, 0.2) is 5.78 Å². The average molecular weight is 773 g/mol. The van der Waals surface area contributed by atoms with Gasteiger partial charge in [0.2, 0.25) is 5.91 Å². The molecule has 4 amide bonds. The first kappa shape index (κ1) is 40.6. The molecule has 0 spiro atoms. The van der Waals surface area contributed by atoms with Crippen molar-refractivity contribution in [3.63, 3.8) is 0 Å². The molecule has 13 heteroatoms. The smallest absolute Gasteiger partial charge is 0.407 e. The molecule has 1 aliphatic heterocycles. The molecule has 2 aromatic carbocycles. The maximum Gasteiger partial charge on any atom is 0.407 e. The monoisotopic (exact) mass is 772 g/mol. The number of thiazole rings is 2. The fourth-order valence-electron chi connectivity index (χ4n) is 6.64. The third-order valence-electron chi connectivity index (χ3n) is 9.61. The molecule has 2 N–H and O–H groups in total. The maximum atomic E-state index is 14.3. The molecular formula is C41H52N6O5S2. The van der Waals surface area contributed by atoms with Crippen LogP contribution in [0.4, 0.5) is 9.59 Å². The normalized spacial score (nSPS) is 14.4. The second kappa shape index (κ2) is 20.7. The van der Waals surface area contributed by atoms with Crippen molar-refractivity contribution in [1.29, 1.82) is 0 Å². The highest BCUT2D eigenvalue weighted by Gasteiger charge is 2.29. The van der Waals surface area contributed by atoms with Crippen LogP contribution in [-0.2, 0) is 40.3 Å². The number of benzene rings is 2. The summed E-state index contributed by atoms with van der Waals surface area (Å²) in [7, 11) is 1.70. The summed E-state index contributed by atoms with van der Waals surface area (Å²) in [5.74, 6) is 0.243. The Hall–Kier alpha value is -4.62. The molecule has 288 valence electrons. The fourth-order valence-corrected chi connectivity index (χ4v) is 7.98. The van der Waals surface area contributed by atoms with E-state index in [-0.39, 0.29) is 42.7 Å². The van der Waals surface area contributed by atoms with Gasteiger partial charge in [0.1, 0.15) is 6.61 Å². The van der Waals surface area contributed by atoms with Gasteiger partial charge in [0.25, 0.3) is 0 Å². The van der Waals surface area contributed by atoms with E-state index < -0.39 is 12.1 Å². The van der Waals surface area contributed by atoms with Gasteiger partial charge in [-0.3, -0.25) is 14.6 Å². The SMILES string of the molecule is CC(C)c1nc(CN(C)C(=O)N[C@@H](CCN2CCCC2=O)C(=O)C[C@@H](CC[C@@H](Cc2ccccc2)NC(=O)OCc2cncs2)Cc2ccccc2)cs1. The lowest BCUT2D eigenvalue weighted by atomic mass is 9.86. The Morgan fingerprint density at radius 3 is 2.30 bits per heavy atom. The number of urea groups is 1. The Kier molecular flexibility index (Phi) is 15.6. The number of Topliss-reactive ketones (excluding diaryl/α,β-unsaturated/α-hetero) is 1. The molecule has 4 aromatic rings. The zero-order valence-corrected chi connectivity index (χ0v) is 33.1. The van der Waals surface area contributed by atoms with Crippen molar-refractivity contribution in [3.05, 3.63) is 104 Å². The summed E-state index contributed by atoms with van der Waals surface area (Å²) in [6.45, 7) is 5.71. The summed E-state index contributed by atoms with van der Waals surface area (Å²) in [5.41, 5.74) is 4.70. The Morgan fingerprint density at radius 2 is 1.67 bits per heavy atom. The lowest BCUT2D eigenvalue weighted by molar-refractivity contribution is -0.128. The number of ether oxygens (including phenoxy) is 1. The maximum absolute atomic E-state index is 14.3. The predicted octanol–water partition coefficient (Wildman–Crippen LogP) is 7.38. The number of ketones is 1. The summed E-state index contributed by atoms with van der Waals surface area (Å²) in [5, 5.41) is 9.08. The van der Waals surface area contributed by atoms with Crippen LogP contribution in [0.5, 0.6) is 0 Å². The van der Waals surface area contributed by atoms with E-state index >= 15 is 0 Å². The molecule has 0 bridgehead atoms. The summed E-state index contributed by atoms with van der Waals surface area (Å²) in [4.78, 5) is 66.2. The molecule has 11 nitrogen and oxygen atoms in total. The second-order valence-corrected chi connectivity index (χ2v) is 16.2. The molecule has 0 unspecified atom stereocenters. The Balaban J connectivity index is 1.28. The third kappa shape index (κ3) is 13.0. The summed E-state index contributed by atoms with van der Waals surface area (Å²) in [6, 6.07) is 18.7. The van der Waals surface area contributed by atoms with E-state index in [4.69, 9.17) is 4.74 Å². The molecule has 0 aliphatic carbocycles. The van der Waals surface area contributed by atoms with Crippen LogP contribution in [0.25, 0.3) is 0 Å². The highest BCUT2D eigenvalue weighted by atomic mass is 32.1. The van der Waals surface area contributed by atoms with Gasteiger partial charge >= 0.3 is 12.1 Å². The predicted molar refractivity (Wildman–Crippen MR) is 212 cm³/mol. The molecule has 5 rings (SSSR count). The van der Waals surface area contributed by atoms with Gasteiger partial charge in [-0.1, -0.05) is 74.5 Å². The summed E-state index contributed by atoms with van der Waals surface area (Å²) < 4.78 is 5.53. The van der Waals surface area contributed by atoms with Crippen molar-refractivity contribution in [1.82, 2.24) is 30.4 Å². The fraction of sp³-hybridized carbons (Fsp3) is 0.463. The lowest BCUT2D eigenvalue weighted by Crippen LogP contribution is -2.48. The van der Waals surface area contributed by atoms with Crippen molar-refractivity contribution < 1.29 is 23.9 Å². The molecule has 0 saturated carbocycles. The summed E-state index contributed by atoms with van der Waals surface area (Å²) >= 11 is 3.01. The molecule has 3 heterocycles. The number of hydrogen-bond acceptors (Lipinski definition) is 9. The van der Waals surface area contributed by atoms with Crippen LogP contribution in [-0.4, -0.2) is 75.8 Å². The van der Waals surface area contributed by atoms with Crippen LogP contribution in [0.15, 0.2) is 77.8 Å². The molecule has 1 fully saturated rings. The van der Waals surface area contributed by atoms with Gasteiger partial charge in [0, 0.05) is 56.5 Å². The zero-order chi connectivity index (χ0) is 38.3. The van der Waals surface area contributed by atoms with Crippen LogP contribution in [0.1, 0.15) is 85.0 Å². The Labute approximate surface area is 326 Å². The minimum Gasteiger partial charge on any atom is -0.444 e. The highest BCUT2D eigenvalue weighted by molar-refractivity contribution is 7.09. The standard InChI is InChI=1S/C41H52N6O5S2/c1-29(2)39-43-34(27-53-39)25-46(3)40(50)45-36(18-20-47-19-10-15-38(47)49)37(48)23-32(21-30-11-6-4-7-12-30)16-17-33(22-31-13-8-5-9-14-31)44-41(51)52-26-35-24-42-28-54-35/h4-9,11-14,24,27-29,32-33,36H,10,15-23,25-26H2,1-3H3,(H,44,51)(H,45,50)/t32-,33-,36-/m0/s1. The molecule has 2 aromatic heterocycles. The van der Waals surface area contributed by atoms with Gasteiger partial charge in [-0.25, -0.2) is 14.6 Å². The van der Waals surface area contributed by atoms with E-state index in [2.05, 4.69) is 46.6 Å². The Bertz CT molecular complexity index is 1770. The quantitative estimate of drug-likeness (QED) is 0.0958. The number of hydrogen-bond donors (Lipinski definition) is 2.